The molecule has 0 aromatic rings. The Hall–Kier alpha value is -0.463. The van der Waals surface area contributed by atoms with Gasteiger partial charge in [0, 0.05) is 13.1 Å². The molecule has 4 nitrogen and oxygen atoms in total. The summed E-state index contributed by atoms with van der Waals surface area (Å²) >= 11 is 0. The Morgan fingerprint density at radius 1 is 1.23 bits per heavy atom. The Morgan fingerprint density at radius 2 is 1.77 bits per heavy atom. The van der Waals surface area contributed by atoms with E-state index in [1.54, 1.807) is 0 Å². The highest BCUT2D eigenvalue weighted by atomic mass is 32.2. The summed E-state index contributed by atoms with van der Waals surface area (Å²) in [6, 6.07) is 0. The lowest BCUT2D eigenvalue weighted by Gasteiger charge is -2.33. The Bertz CT molecular complexity index is 581. The van der Waals surface area contributed by atoms with Crippen molar-refractivity contribution in [3.05, 3.63) is 11.3 Å². The molecule has 0 radical (unpaired) electrons. The van der Waals surface area contributed by atoms with Crippen molar-refractivity contribution in [3.63, 3.8) is 0 Å². The first-order valence-corrected chi connectivity index (χ1v) is 14.3. The Morgan fingerprint density at radius 3 is 2.15 bits per heavy atom. The lowest BCUT2D eigenvalue weighted by Crippen LogP contribution is -2.43. The van der Waals surface area contributed by atoms with Gasteiger partial charge in [0.15, 0.2) is 0 Å². The van der Waals surface area contributed by atoms with Crippen molar-refractivity contribution >= 4 is 25.0 Å². The summed E-state index contributed by atoms with van der Waals surface area (Å²) in [5.74, 6) is -0.162. The number of rotatable bonds is 5. The number of nitrogens with zero attached hydrogens (tertiary/aromatic N) is 1. The number of carbonyl (C=O) groups excluding carboxylic acids is 1. The molecule has 0 aliphatic carbocycles. The molecule has 1 aliphatic rings. The maximum atomic E-state index is 13.3. The summed E-state index contributed by atoms with van der Waals surface area (Å²) in [4.78, 5) is 13.3. The molecule has 26 heavy (non-hydrogen) atoms. The molecule has 1 saturated heterocycles. The minimum Gasteiger partial charge on any atom is -0.459 e. The maximum absolute atomic E-state index is 13.3. The SMILES string of the molecule is CCC[C@]1(C(=O)OC(C)(C)C)CN(S(=O)C(C)(C)C)C/C1=C\[Si](C)(C)C. The van der Waals surface area contributed by atoms with Gasteiger partial charge in [-0.1, -0.05) is 38.7 Å². The molecule has 0 bridgehead atoms. The van der Waals surface area contributed by atoms with Gasteiger partial charge in [-0.15, -0.1) is 0 Å². The van der Waals surface area contributed by atoms with Crippen molar-refractivity contribution in [1.29, 1.82) is 0 Å². The molecular formula is C20H39NO3SSi. The molecule has 1 rings (SSSR count). The average Bonchev–Trinajstić information content (AvgIpc) is 2.73. The van der Waals surface area contributed by atoms with E-state index in [9.17, 15) is 9.00 Å². The quantitative estimate of drug-likeness (QED) is 0.496. The molecule has 0 amide bonds. The van der Waals surface area contributed by atoms with Gasteiger partial charge in [0.25, 0.3) is 0 Å². The minimum atomic E-state index is -1.55. The van der Waals surface area contributed by atoms with E-state index in [1.807, 2.05) is 45.8 Å². The van der Waals surface area contributed by atoms with Crippen LogP contribution < -0.4 is 0 Å². The number of esters is 1. The highest BCUT2D eigenvalue weighted by Crippen LogP contribution is 2.44. The first-order valence-electron chi connectivity index (χ1n) is 9.64. The van der Waals surface area contributed by atoms with Crippen LogP contribution >= 0.6 is 0 Å². The van der Waals surface area contributed by atoms with Gasteiger partial charge in [-0.25, -0.2) is 8.51 Å². The van der Waals surface area contributed by atoms with E-state index in [1.165, 1.54) is 0 Å². The van der Waals surface area contributed by atoms with E-state index in [-0.39, 0.29) is 10.7 Å². The van der Waals surface area contributed by atoms with Gasteiger partial charge in [0.1, 0.15) is 22.0 Å². The van der Waals surface area contributed by atoms with Crippen molar-refractivity contribution < 1.29 is 13.7 Å². The minimum absolute atomic E-state index is 0.162. The lowest BCUT2D eigenvalue weighted by atomic mass is 9.79. The highest BCUT2D eigenvalue weighted by molar-refractivity contribution is 7.84. The first-order chi connectivity index (χ1) is 11.5. The maximum Gasteiger partial charge on any atom is 0.318 e. The van der Waals surface area contributed by atoms with Crippen molar-refractivity contribution in [2.45, 2.75) is 91.3 Å². The average molecular weight is 402 g/mol. The van der Waals surface area contributed by atoms with E-state index in [0.29, 0.717) is 13.1 Å². The van der Waals surface area contributed by atoms with Crippen LogP contribution in [-0.4, -0.2) is 46.0 Å². The van der Waals surface area contributed by atoms with Crippen LogP contribution in [0.4, 0.5) is 0 Å². The second-order valence-corrected chi connectivity index (χ2v) is 17.8. The fourth-order valence-corrected chi connectivity index (χ4v) is 6.13. The molecule has 1 aliphatic heterocycles. The highest BCUT2D eigenvalue weighted by Gasteiger charge is 2.52. The molecule has 1 fully saturated rings. The number of hydrogen-bond acceptors (Lipinski definition) is 3. The van der Waals surface area contributed by atoms with Crippen LogP contribution in [0.3, 0.4) is 0 Å². The van der Waals surface area contributed by atoms with E-state index < -0.39 is 30.1 Å². The van der Waals surface area contributed by atoms with Gasteiger partial charge in [-0.3, -0.25) is 4.79 Å². The summed E-state index contributed by atoms with van der Waals surface area (Å²) < 4.78 is 20.5. The van der Waals surface area contributed by atoms with Gasteiger partial charge in [-0.2, -0.15) is 0 Å². The van der Waals surface area contributed by atoms with Crippen molar-refractivity contribution in [1.82, 2.24) is 4.31 Å². The molecule has 0 N–H and O–H groups in total. The zero-order chi connectivity index (χ0) is 20.6. The topological polar surface area (TPSA) is 46.6 Å². The molecule has 0 saturated carbocycles. The van der Waals surface area contributed by atoms with Crippen molar-refractivity contribution in [3.8, 4) is 0 Å². The van der Waals surface area contributed by atoms with Crippen molar-refractivity contribution in [2.24, 2.45) is 5.41 Å². The monoisotopic (exact) mass is 401 g/mol. The lowest BCUT2D eigenvalue weighted by molar-refractivity contribution is -0.165. The third-order valence-electron chi connectivity index (χ3n) is 4.24. The van der Waals surface area contributed by atoms with Crippen LogP contribution in [0.15, 0.2) is 11.3 Å². The second-order valence-electron chi connectivity index (χ2n) is 10.5. The summed E-state index contributed by atoms with van der Waals surface area (Å²) in [7, 11) is -2.70. The molecule has 0 aromatic carbocycles. The summed E-state index contributed by atoms with van der Waals surface area (Å²) in [5, 5.41) is 0. The van der Waals surface area contributed by atoms with Crippen LogP contribution in [-0.2, 0) is 20.5 Å². The zero-order valence-corrected chi connectivity index (χ0v) is 20.3. The fraction of sp³-hybridized carbons (Fsp3) is 0.850. The molecule has 0 spiro atoms. The Kier molecular flexibility index (Phi) is 7.14. The van der Waals surface area contributed by atoms with E-state index >= 15 is 0 Å². The number of hydrogen-bond donors (Lipinski definition) is 0. The van der Waals surface area contributed by atoms with Gasteiger partial charge in [-0.05, 0) is 53.5 Å². The van der Waals surface area contributed by atoms with Gasteiger partial charge < -0.3 is 4.74 Å². The van der Waals surface area contributed by atoms with Crippen LogP contribution in [0.1, 0.15) is 61.3 Å². The molecule has 2 atom stereocenters. The van der Waals surface area contributed by atoms with Crippen molar-refractivity contribution in [2.75, 3.05) is 13.1 Å². The normalized spacial score (nSPS) is 25.5. The van der Waals surface area contributed by atoms with Gasteiger partial charge in [0.05, 0.1) is 12.8 Å². The van der Waals surface area contributed by atoms with Gasteiger partial charge >= 0.3 is 5.97 Å². The van der Waals surface area contributed by atoms with Crippen LogP contribution in [0.25, 0.3) is 0 Å². The van der Waals surface area contributed by atoms with E-state index in [0.717, 1.165) is 18.4 Å². The van der Waals surface area contributed by atoms with E-state index in [4.69, 9.17) is 4.74 Å². The predicted molar refractivity (Wildman–Crippen MR) is 114 cm³/mol. The third-order valence-corrected chi connectivity index (χ3v) is 7.23. The summed E-state index contributed by atoms with van der Waals surface area (Å²) in [5.41, 5.74) is 2.24. The van der Waals surface area contributed by atoms with Crippen LogP contribution in [0.5, 0.6) is 0 Å². The third kappa shape index (κ3) is 6.03. The fourth-order valence-electron chi connectivity index (χ4n) is 3.35. The largest absolute Gasteiger partial charge is 0.459 e. The van der Waals surface area contributed by atoms with E-state index in [2.05, 4.69) is 32.3 Å². The molecule has 1 unspecified atom stereocenters. The molecule has 152 valence electrons. The molecule has 6 heteroatoms. The number of carbonyl (C=O) groups is 1. The Labute approximate surface area is 164 Å². The van der Waals surface area contributed by atoms with Crippen LogP contribution in [0, 0.1) is 5.41 Å². The second kappa shape index (κ2) is 7.88. The Balaban J connectivity index is 3.43. The standard InChI is InChI=1S/C20H39NO3SSi/c1-11-12-20(17(22)24-18(2,3)4)15-21(25(23)19(5,6)7)13-16(20)14-26(8,9)10/h14H,11-13,15H2,1-10H3/b16-14+/t20-,25?/m0/s1. The first kappa shape index (κ1) is 23.6. The smallest absolute Gasteiger partial charge is 0.318 e. The predicted octanol–water partition coefficient (Wildman–Crippen LogP) is 4.70. The molecule has 0 aromatic heterocycles. The van der Waals surface area contributed by atoms with Gasteiger partial charge in [0.2, 0.25) is 0 Å². The summed E-state index contributed by atoms with van der Waals surface area (Å²) in [6.07, 6.45) is 1.62. The number of ether oxygens (including phenoxy) is 1. The molecule has 1 heterocycles. The zero-order valence-electron chi connectivity index (χ0n) is 18.5. The summed E-state index contributed by atoms with van der Waals surface area (Å²) in [6.45, 7) is 21.7. The molecular weight excluding hydrogens is 362 g/mol. The van der Waals surface area contributed by atoms with Crippen LogP contribution in [0.2, 0.25) is 19.6 Å².